The molecule has 2 N–H and O–H groups in total. The summed E-state index contributed by atoms with van der Waals surface area (Å²) < 4.78 is 0. The summed E-state index contributed by atoms with van der Waals surface area (Å²) in [5.41, 5.74) is -0.164. The average molecular weight is 252 g/mol. The number of nitrogens with zero attached hydrogens (tertiary/aromatic N) is 1. The first-order valence-corrected chi connectivity index (χ1v) is 7.38. The van der Waals surface area contributed by atoms with E-state index < -0.39 is 0 Å². The van der Waals surface area contributed by atoms with Crippen LogP contribution in [-0.4, -0.2) is 47.2 Å². The number of carbonyl (C=O) groups excluding carboxylic acids is 1. The fourth-order valence-electron chi connectivity index (χ4n) is 4.13. The Morgan fingerprint density at radius 1 is 1.39 bits per heavy atom. The molecule has 0 radical (unpaired) electrons. The maximum Gasteiger partial charge on any atom is 0.230 e. The van der Waals surface area contributed by atoms with Crippen LogP contribution in [0.15, 0.2) is 0 Å². The number of fused-ring (bicyclic) bond motifs is 2. The average Bonchev–Trinajstić information content (AvgIpc) is 2.93. The predicted molar refractivity (Wildman–Crippen MR) is 69.1 cm³/mol. The molecule has 3 saturated heterocycles. The molecular formula is C14H24N2O2. The molecule has 3 fully saturated rings. The largest absolute Gasteiger partial charge is 0.393 e. The zero-order valence-electron chi connectivity index (χ0n) is 11.2. The molecule has 3 unspecified atom stereocenters. The van der Waals surface area contributed by atoms with Gasteiger partial charge in [-0.25, -0.2) is 0 Å². The van der Waals surface area contributed by atoms with Crippen molar-refractivity contribution in [2.45, 2.75) is 63.6 Å². The van der Waals surface area contributed by atoms with Crippen LogP contribution in [0, 0.1) is 5.41 Å². The van der Waals surface area contributed by atoms with Crippen LogP contribution in [0.3, 0.4) is 0 Å². The third-order valence-electron chi connectivity index (χ3n) is 5.32. The number of amides is 1. The van der Waals surface area contributed by atoms with Crippen molar-refractivity contribution in [3.05, 3.63) is 0 Å². The predicted octanol–water partition coefficient (Wildman–Crippen LogP) is 0.890. The molecule has 2 bridgehead atoms. The van der Waals surface area contributed by atoms with Gasteiger partial charge >= 0.3 is 0 Å². The summed E-state index contributed by atoms with van der Waals surface area (Å²) in [5.74, 6) is 0.356. The highest BCUT2D eigenvalue weighted by molar-refractivity contribution is 5.84. The Morgan fingerprint density at radius 2 is 2.06 bits per heavy atom. The van der Waals surface area contributed by atoms with Crippen molar-refractivity contribution < 1.29 is 9.90 Å². The molecular weight excluding hydrogens is 228 g/mol. The van der Waals surface area contributed by atoms with Gasteiger partial charge in [-0.05, 0) is 45.1 Å². The molecule has 0 aliphatic carbocycles. The van der Waals surface area contributed by atoms with Crippen LogP contribution in [-0.2, 0) is 4.79 Å². The zero-order valence-corrected chi connectivity index (χ0v) is 11.2. The molecule has 0 spiro atoms. The van der Waals surface area contributed by atoms with Crippen LogP contribution in [0.25, 0.3) is 0 Å². The molecule has 3 aliphatic rings. The number of hydrogen-bond donors (Lipinski definition) is 2. The van der Waals surface area contributed by atoms with E-state index in [-0.39, 0.29) is 11.5 Å². The summed E-state index contributed by atoms with van der Waals surface area (Å²) in [6.45, 7) is 3.93. The standard InChI is InChI=1S/C14H24N2O2/c1-2-14(5-6-15-9-14)13(18)16-10-3-4-11(16)8-12(17)7-10/h10-12,15,17H,2-9H2,1H3. The maximum absolute atomic E-state index is 12.9. The molecule has 0 aromatic carbocycles. The number of aliphatic hydroxyl groups is 1. The van der Waals surface area contributed by atoms with Gasteiger partial charge in [0, 0.05) is 18.6 Å². The molecule has 3 atom stereocenters. The minimum atomic E-state index is -0.189. The number of hydrogen-bond acceptors (Lipinski definition) is 3. The first-order chi connectivity index (χ1) is 8.66. The Hall–Kier alpha value is -0.610. The van der Waals surface area contributed by atoms with Crippen LogP contribution in [0.2, 0.25) is 0 Å². The summed E-state index contributed by atoms with van der Waals surface area (Å²) in [5, 5.41) is 13.2. The fourth-order valence-corrected chi connectivity index (χ4v) is 4.13. The van der Waals surface area contributed by atoms with Gasteiger partial charge in [0.05, 0.1) is 11.5 Å². The summed E-state index contributed by atoms with van der Waals surface area (Å²) in [7, 11) is 0. The molecule has 3 heterocycles. The number of carbonyl (C=O) groups is 1. The van der Waals surface area contributed by atoms with Crippen molar-refractivity contribution in [3.63, 3.8) is 0 Å². The van der Waals surface area contributed by atoms with Crippen LogP contribution >= 0.6 is 0 Å². The number of piperidine rings is 1. The van der Waals surface area contributed by atoms with Crippen LogP contribution in [0.5, 0.6) is 0 Å². The summed E-state index contributed by atoms with van der Waals surface area (Å²) in [4.78, 5) is 15.1. The van der Waals surface area contributed by atoms with E-state index >= 15 is 0 Å². The fraction of sp³-hybridized carbons (Fsp3) is 0.929. The monoisotopic (exact) mass is 252 g/mol. The van der Waals surface area contributed by atoms with E-state index in [4.69, 9.17) is 0 Å². The molecule has 3 rings (SSSR count). The second-order valence-electron chi connectivity index (χ2n) is 6.28. The summed E-state index contributed by atoms with van der Waals surface area (Å²) >= 11 is 0. The Kier molecular flexibility index (Phi) is 3.10. The van der Waals surface area contributed by atoms with E-state index in [1.54, 1.807) is 0 Å². The van der Waals surface area contributed by atoms with Crippen molar-refractivity contribution in [2.75, 3.05) is 13.1 Å². The quantitative estimate of drug-likeness (QED) is 0.767. The highest BCUT2D eigenvalue weighted by Crippen LogP contribution is 2.41. The highest BCUT2D eigenvalue weighted by Gasteiger charge is 2.50. The van der Waals surface area contributed by atoms with Gasteiger partial charge in [-0.15, -0.1) is 0 Å². The second-order valence-corrected chi connectivity index (χ2v) is 6.28. The minimum Gasteiger partial charge on any atom is -0.393 e. The lowest BCUT2D eigenvalue weighted by molar-refractivity contribution is -0.147. The van der Waals surface area contributed by atoms with Crippen molar-refractivity contribution in [1.82, 2.24) is 10.2 Å². The molecule has 3 aliphatic heterocycles. The Balaban J connectivity index is 1.80. The van der Waals surface area contributed by atoms with Gasteiger partial charge in [0.15, 0.2) is 0 Å². The van der Waals surface area contributed by atoms with Gasteiger partial charge in [0.2, 0.25) is 5.91 Å². The number of rotatable bonds is 2. The van der Waals surface area contributed by atoms with Crippen LogP contribution in [0.1, 0.15) is 45.4 Å². The van der Waals surface area contributed by atoms with Crippen molar-refractivity contribution >= 4 is 5.91 Å². The maximum atomic E-state index is 12.9. The van der Waals surface area contributed by atoms with Gasteiger partial charge in [-0.3, -0.25) is 4.79 Å². The third kappa shape index (κ3) is 1.77. The van der Waals surface area contributed by atoms with Gasteiger partial charge in [0.1, 0.15) is 0 Å². The van der Waals surface area contributed by atoms with E-state index in [0.717, 1.165) is 51.6 Å². The normalized spacial score (nSPS) is 43.4. The first-order valence-electron chi connectivity index (χ1n) is 7.38. The second kappa shape index (κ2) is 4.49. The number of aliphatic hydroxyl groups excluding tert-OH is 1. The zero-order chi connectivity index (χ0) is 12.8. The molecule has 0 aromatic rings. The molecule has 4 nitrogen and oxygen atoms in total. The van der Waals surface area contributed by atoms with Crippen molar-refractivity contribution in [2.24, 2.45) is 5.41 Å². The molecule has 18 heavy (non-hydrogen) atoms. The van der Waals surface area contributed by atoms with E-state index in [1.165, 1.54) is 0 Å². The Labute approximate surface area is 109 Å². The van der Waals surface area contributed by atoms with Gasteiger partial charge < -0.3 is 15.3 Å². The lowest BCUT2D eigenvalue weighted by Crippen LogP contribution is -2.54. The van der Waals surface area contributed by atoms with Crippen molar-refractivity contribution in [3.8, 4) is 0 Å². The van der Waals surface area contributed by atoms with Crippen LogP contribution in [0.4, 0.5) is 0 Å². The molecule has 0 saturated carbocycles. The molecule has 102 valence electrons. The highest BCUT2D eigenvalue weighted by atomic mass is 16.3. The van der Waals surface area contributed by atoms with E-state index in [1.807, 2.05) is 0 Å². The number of nitrogens with one attached hydrogen (secondary N) is 1. The molecule has 0 aromatic heterocycles. The van der Waals surface area contributed by atoms with E-state index in [9.17, 15) is 9.90 Å². The van der Waals surface area contributed by atoms with E-state index in [2.05, 4.69) is 17.1 Å². The topological polar surface area (TPSA) is 52.6 Å². The van der Waals surface area contributed by atoms with Crippen LogP contribution < -0.4 is 5.32 Å². The van der Waals surface area contributed by atoms with E-state index in [0.29, 0.717) is 18.0 Å². The summed E-state index contributed by atoms with van der Waals surface area (Å²) in [6.07, 6.45) is 5.45. The smallest absolute Gasteiger partial charge is 0.230 e. The molecule has 1 amide bonds. The van der Waals surface area contributed by atoms with Crippen molar-refractivity contribution in [1.29, 1.82) is 0 Å². The SMILES string of the molecule is CCC1(C(=O)N2C3CCC2CC(O)C3)CCNC1. The first kappa shape index (κ1) is 12.4. The van der Waals surface area contributed by atoms with Gasteiger partial charge in [0.25, 0.3) is 0 Å². The summed E-state index contributed by atoms with van der Waals surface area (Å²) in [6, 6.07) is 0.602. The van der Waals surface area contributed by atoms with Gasteiger partial charge in [-0.1, -0.05) is 6.92 Å². The lowest BCUT2D eigenvalue weighted by atomic mass is 9.81. The molecule has 4 heteroatoms. The lowest BCUT2D eigenvalue weighted by Gasteiger charge is -2.42. The Morgan fingerprint density at radius 3 is 2.56 bits per heavy atom. The Bertz CT molecular complexity index is 325. The minimum absolute atomic E-state index is 0.164. The van der Waals surface area contributed by atoms with Gasteiger partial charge in [-0.2, -0.15) is 0 Å². The third-order valence-corrected chi connectivity index (χ3v) is 5.32.